The molecule has 0 fully saturated rings. The smallest absolute Gasteiger partial charge is 0.351 e. The number of hydrazone groups is 1. The fraction of sp³-hybridized carbons (Fsp3) is 0.273. The minimum atomic E-state index is -0.997. The first kappa shape index (κ1) is 12.6. The zero-order valence-corrected chi connectivity index (χ0v) is 9.83. The highest BCUT2D eigenvalue weighted by Crippen LogP contribution is 2.15. The van der Waals surface area contributed by atoms with Gasteiger partial charge < -0.3 is 10.5 Å². The summed E-state index contributed by atoms with van der Waals surface area (Å²) in [5.74, 6) is -0.149. The maximum atomic E-state index is 10.4. The number of nitrogens with one attached hydrogen (secondary N) is 1. The van der Waals surface area contributed by atoms with E-state index in [0.717, 1.165) is 5.75 Å². The first-order valence-electron chi connectivity index (χ1n) is 4.88. The van der Waals surface area contributed by atoms with E-state index in [4.69, 9.17) is 5.11 Å². The number of rotatable bonds is 6. The van der Waals surface area contributed by atoms with Crippen molar-refractivity contribution < 1.29 is 9.90 Å². The van der Waals surface area contributed by atoms with Crippen molar-refractivity contribution in [1.82, 2.24) is 5.43 Å². The Hall–Kier alpha value is -1.49. The Labute approximate surface area is 98.8 Å². The van der Waals surface area contributed by atoms with Crippen molar-refractivity contribution in [3.05, 3.63) is 30.3 Å². The van der Waals surface area contributed by atoms with Gasteiger partial charge in [0.25, 0.3) is 0 Å². The maximum Gasteiger partial charge on any atom is 0.351 e. The van der Waals surface area contributed by atoms with Crippen molar-refractivity contribution in [1.29, 1.82) is 0 Å². The third-order valence-corrected chi connectivity index (χ3v) is 2.80. The number of thioether (sulfide) groups is 1. The molecule has 5 heteroatoms. The molecule has 0 heterocycles. The first-order chi connectivity index (χ1) is 7.70. The van der Waals surface area contributed by atoms with Crippen LogP contribution >= 0.6 is 11.8 Å². The Morgan fingerprint density at radius 3 is 2.75 bits per heavy atom. The molecule has 0 radical (unpaired) electrons. The molecule has 16 heavy (non-hydrogen) atoms. The van der Waals surface area contributed by atoms with E-state index in [1.807, 2.05) is 30.3 Å². The summed E-state index contributed by atoms with van der Waals surface area (Å²) < 4.78 is 0. The molecule has 1 aromatic rings. The van der Waals surface area contributed by atoms with E-state index in [0.29, 0.717) is 6.54 Å². The van der Waals surface area contributed by atoms with Crippen LogP contribution in [0.5, 0.6) is 0 Å². The van der Waals surface area contributed by atoms with Gasteiger partial charge in [-0.1, -0.05) is 18.2 Å². The van der Waals surface area contributed by atoms with E-state index >= 15 is 0 Å². The lowest BCUT2D eigenvalue weighted by Gasteiger charge is -2.01. The normalized spacial score (nSPS) is 11.2. The van der Waals surface area contributed by atoms with E-state index in [1.165, 1.54) is 11.8 Å². The molecule has 1 aromatic carbocycles. The predicted molar refractivity (Wildman–Crippen MR) is 65.9 cm³/mol. The molecule has 2 N–H and O–H groups in total. The number of benzene rings is 1. The molecule has 4 nitrogen and oxygen atoms in total. The number of hydrogen-bond donors (Lipinski definition) is 2. The topological polar surface area (TPSA) is 61.7 Å². The molecule has 0 unspecified atom stereocenters. The van der Waals surface area contributed by atoms with Crippen molar-refractivity contribution in [2.45, 2.75) is 11.8 Å². The van der Waals surface area contributed by atoms with Crippen molar-refractivity contribution in [3.8, 4) is 0 Å². The number of carboxylic acids is 1. The van der Waals surface area contributed by atoms with E-state index in [1.54, 1.807) is 11.8 Å². The summed E-state index contributed by atoms with van der Waals surface area (Å²) in [7, 11) is 0. The zero-order chi connectivity index (χ0) is 11.8. The lowest BCUT2D eigenvalue weighted by Crippen LogP contribution is -2.17. The quantitative estimate of drug-likeness (QED) is 0.343. The molecule has 0 aliphatic rings. The third kappa shape index (κ3) is 4.84. The van der Waals surface area contributed by atoms with Crippen LogP contribution in [-0.2, 0) is 4.79 Å². The van der Waals surface area contributed by atoms with Gasteiger partial charge in [0.05, 0.1) is 0 Å². The summed E-state index contributed by atoms with van der Waals surface area (Å²) in [6.45, 7) is 2.10. The average Bonchev–Trinajstić information content (AvgIpc) is 2.29. The van der Waals surface area contributed by atoms with Gasteiger partial charge in [-0.3, -0.25) is 0 Å². The van der Waals surface area contributed by atoms with E-state index in [2.05, 4.69) is 10.5 Å². The predicted octanol–water partition coefficient (Wildman–Crippen LogP) is 1.83. The Bertz CT molecular complexity index is 366. The van der Waals surface area contributed by atoms with Gasteiger partial charge in [0.1, 0.15) is 5.71 Å². The first-order valence-corrected chi connectivity index (χ1v) is 5.87. The summed E-state index contributed by atoms with van der Waals surface area (Å²) in [4.78, 5) is 11.6. The van der Waals surface area contributed by atoms with Crippen molar-refractivity contribution in [2.75, 3.05) is 12.3 Å². The summed E-state index contributed by atoms with van der Waals surface area (Å²) in [6.07, 6.45) is 0. The van der Waals surface area contributed by atoms with Gasteiger partial charge in [0, 0.05) is 17.2 Å². The highest BCUT2D eigenvalue weighted by Gasteiger charge is 1.99. The van der Waals surface area contributed by atoms with Crippen LogP contribution in [0, 0.1) is 0 Å². The summed E-state index contributed by atoms with van der Waals surface area (Å²) >= 11 is 1.70. The van der Waals surface area contributed by atoms with Crippen LogP contribution in [0.25, 0.3) is 0 Å². The summed E-state index contributed by atoms with van der Waals surface area (Å²) in [5.41, 5.74) is 2.80. The molecular formula is C11H14N2O2S. The Balaban J connectivity index is 2.18. The molecule has 86 valence electrons. The van der Waals surface area contributed by atoms with Gasteiger partial charge in [0.15, 0.2) is 0 Å². The minimum Gasteiger partial charge on any atom is -0.477 e. The van der Waals surface area contributed by atoms with Crippen LogP contribution < -0.4 is 5.43 Å². The lowest BCUT2D eigenvalue weighted by atomic mass is 10.4. The van der Waals surface area contributed by atoms with Crippen LogP contribution in [0.2, 0.25) is 0 Å². The number of nitrogens with zero attached hydrogens (tertiary/aromatic N) is 1. The van der Waals surface area contributed by atoms with Gasteiger partial charge in [-0.25, -0.2) is 4.79 Å². The van der Waals surface area contributed by atoms with E-state index in [9.17, 15) is 4.79 Å². The molecule has 1 rings (SSSR count). The monoisotopic (exact) mass is 238 g/mol. The molecule has 0 aliphatic carbocycles. The van der Waals surface area contributed by atoms with Gasteiger partial charge in [0.2, 0.25) is 0 Å². The number of hydrogen-bond acceptors (Lipinski definition) is 4. The van der Waals surface area contributed by atoms with E-state index < -0.39 is 5.97 Å². The SMILES string of the molecule is CC(=NNCCSc1ccccc1)C(=O)O. The molecular weight excluding hydrogens is 224 g/mol. The van der Waals surface area contributed by atoms with Crippen LogP contribution in [0.4, 0.5) is 0 Å². The van der Waals surface area contributed by atoms with Crippen molar-refractivity contribution >= 4 is 23.4 Å². The standard InChI is InChI=1S/C11H14N2O2S/c1-9(11(14)15)13-12-7-8-16-10-5-3-2-4-6-10/h2-6,12H,7-8H2,1H3,(H,14,15). The zero-order valence-electron chi connectivity index (χ0n) is 9.01. The second-order valence-corrected chi connectivity index (χ2v) is 4.24. The molecule has 0 atom stereocenters. The van der Waals surface area contributed by atoms with Gasteiger partial charge in [-0.2, -0.15) is 5.10 Å². The highest BCUT2D eigenvalue weighted by atomic mass is 32.2. The fourth-order valence-electron chi connectivity index (χ4n) is 0.954. The van der Waals surface area contributed by atoms with E-state index in [-0.39, 0.29) is 5.71 Å². The van der Waals surface area contributed by atoms with Gasteiger partial charge in [-0.05, 0) is 19.1 Å². The van der Waals surface area contributed by atoms with Crippen LogP contribution in [-0.4, -0.2) is 29.1 Å². The van der Waals surface area contributed by atoms with Crippen LogP contribution in [0.3, 0.4) is 0 Å². The largest absolute Gasteiger partial charge is 0.477 e. The number of aliphatic carboxylic acids is 1. The molecule has 0 amide bonds. The summed E-state index contributed by atoms with van der Waals surface area (Å²) in [6, 6.07) is 10.0. The van der Waals surface area contributed by atoms with Crippen molar-refractivity contribution in [2.24, 2.45) is 5.10 Å². The lowest BCUT2D eigenvalue weighted by molar-refractivity contribution is -0.129. The maximum absolute atomic E-state index is 10.4. The van der Waals surface area contributed by atoms with Crippen LogP contribution in [0.15, 0.2) is 40.3 Å². The van der Waals surface area contributed by atoms with Crippen molar-refractivity contribution in [3.63, 3.8) is 0 Å². The molecule has 0 saturated carbocycles. The second-order valence-electron chi connectivity index (χ2n) is 3.07. The fourth-order valence-corrected chi connectivity index (χ4v) is 1.73. The Kier molecular flexibility index (Phi) is 5.42. The molecule has 0 saturated heterocycles. The number of carbonyl (C=O) groups is 1. The molecule has 0 bridgehead atoms. The number of carboxylic acid groups (broad SMARTS) is 1. The van der Waals surface area contributed by atoms with Gasteiger partial charge in [-0.15, -0.1) is 11.8 Å². The molecule has 0 aliphatic heterocycles. The molecule has 0 spiro atoms. The Morgan fingerprint density at radius 2 is 2.12 bits per heavy atom. The Morgan fingerprint density at radius 1 is 1.44 bits per heavy atom. The third-order valence-electron chi connectivity index (χ3n) is 1.78. The average molecular weight is 238 g/mol. The van der Waals surface area contributed by atoms with Gasteiger partial charge >= 0.3 is 5.97 Å². The second kappa shape index (κ2) is 6.90. The molecule has 0 aromatic heterocycles. The summed E-state index contributed by atoms with van der Waals surface area (Å²) in [5, 5.41) is 12.2. The van der Waals surface area contributed by atoms with Crippen LogP contribution in [0.1, 0.15) is 6.92 Å². The minimum absolute atomic E-state index is 0.0738. The highest BCUT2D eigenvalue weighted by molar-refractivity contribution is 7.99.